The Morgan fingerprint density at radius 1 is 1.53 bits per heavy atom. The molecular formula is C14H21BrN2. The Morgan fingerprint density at radius 3 is 3.00 bits per heavy atom. The molecule has 1 heterocycles. The van der Waals surface area contributed by atoms with Crippen LogP contribution in [-0.4, -0.2) is 24.5 Å². The average Bonchev–Trinajstić information content (AvgIpc) is 2.72. The Kier molecular flexibility index (Phi) is 4.60. The minimum Gasteiger partial charge on any atom is -0.324 e. The number of hydrogen-bond acceptors (Lipinski definition) is 2. The molecule has 3 heteroatoms. The van der Waals surface area contributed by atoms with E-state index in [1.165, 1.54) is 25.1 Å². The van der Waals surface area contributed by atoms with E-state index in [0.29, 0.717) is 0 Å². The molecule has 2 unspecified atom stereocenters. The summed E-state index contributed by atoms with van der Waals surface area (Å²) in [4.78, 5) is 2.53. The highest BCUT2D eigenvalue weighted by molar-refractivity contribution is 9.10. The van der Waals surface area contributed by atoms with Gasteiger partial charge in [0.1, 0.15) is 0 Å². The third kappa shape index (κ3) is 3.80. The summed E-state index contributed by atoms with van der Waals surface area (Å²) in [6.07, 6.45) is 2.38. The van der Waals surface area contributed by atoms with Gasteiger partial charge in [-0.3, -0.25) is 0 Å². The Morgan fingerprint density at radius 2 is 2.35 bits per heavy atom. The molecule has 94 valence electrons. The van der Waals surface area contributed by atoms with Gasteiger partial charge >= 0.3 is 0 Å². The van der Waals surface area contributed by atoms with Crippen LogP contribution in [0.1, 0.15) is 31.4 Å². The van der Waals surface area contributed by atoms with E-state index in [1.807, 2.05) is 6.07 Å². The Labute approximate surface area is 112 Å². The summed E-state index contributed by atoms with van der Waals surface area (Å²) in [5.41, 5.74) is 7.46. The SMILES string of the molecule is CC1CCN(CCC(N)c2cccc(Br)c2)C1. The predicted octanol–water partition coefficient (Wildman–Crippen LogP) is 3.18. The fourth-order valence-corrected chi connectivity index (χ4v) is 2.87. The lowest BCUT2D eigenvalue weighted by Crippen LogP contribution is -2.25. The van der Waals surface area contributed by atoms with Crippen LogP contribution in [0.4, 0.5) is 0 Å². The molecule has 1 saturated heterocycles. The van der Waals surface area contributed by atoms with Crippen molar-refractivity contribution >= 4 is 15.9 Å². The van der Waals surface area contributed by atoms with Crippen molar-refractivity contribution in [3.63, 3.8) is 0 Å². The first-order valence-electron chi connectivity index (χ1n) is 6.38. The minimum atomic E-state index is 0.156. The molecule has 0 amide bonds. The van der Waals surface area contributed by atoms with E-state index in [4.69, 9.17) is 5.73 Å². The smallest absolute Gasteiger partial charge is 0.0307 e. The van der Waals surface area contributed by atoms with E-state index >= 15 is 0 Å². The summed E-state index contributed by atoms with van der Waals surface area (Å²) in [6.45, 7) is 5.93. The topological polar surface area (TPSA) is 29.3 Å². The van der Waals surface area contributed by atoms with Crippen molar-refractivity contribution in [2.24, 2.45) is 11.7 Å². The highest BCUT2D eigenvalue weighted by Gasteiger charge is 2.19. The number of nitrogens with zero attached hydrogens (tertiary/aromatic N) is 1. The highest BCUT2D eigenvalue weighted by atomic mass is 79.9. The first-order valence-corrected chi connectivity index (χ1v) is 7.18. The lowest BCUT2D eigenvalue weighted by atomic mass is 10.0. The minimum absolute atomic E-state index is 0.156. The molecule has 0 radical (unpaired) electrons. The summed E-state index contributed by atoms with van der Waals surface area (Å²) >= 11 is 3.49. The summed E-state index contributed by atoms with van der Waals surface area (Å²) in [7, 11) is 0. The lowest BCUT2D eigenvalue weighted by molar-refractivity contribution is 0.313. The highest BCUT2D eigenvalue weighted by Crippen LogP contribution is 2.21. The van der Waals surface area contributed by atoms with Gasteiger partial charge in [0.25, 0.3) is 0 Å². The molecule has 1 aliphatic heterocycles. The van der Waals surface area contributed by atoms with Crippen LogP contribution in [0.15, 0.2) is 28.7 Å². The van der Waals surface area contributed by atoms with Gasteiger partial charge in [-0.05, 0) is 49.5 Å². The summed E-state index contributed by atoms with van der Waals surface area (Å²) in [6, 6.07) is 8.48. The maximum Gasteiger partial charge on any atom is 0.0307 e. The van der Waals surface area contributed by atoms with Gasteiger partial charge in [0, 0.05) is 17.1 Å². The maximum absolute atomic E-state index is 6.23. The number of rotatable bonds is 4. The van der Waals surface area contributed by atoms with Crippen LogP contribution in [0.3, 0.4) is 0 Å². The zero-order valence-corrected chi connectivity index (χ0v) is 12.0. The third-order valence-corrected chi connectivity index (χ3v) is 4.03. The van der Waals surface area contributed by atoms with E-state index in [9.17, 15) is 0 Å². The predicted molar refractivity (Wildman–Crippen MR) is 75.9 cm³/mol. The third-order valence-electron chi connectivity index (χ3n) is 3.54. The van der Waals surface area contributed by atoms with Crippen LogP contribution >= 0.6 is 15.9 Å². The first kappa shape index (κ1) is 13.1. The molecule has 0 aliphatic carbocycles. The number of nitrogens with two attached hydrogens (primary N) is 1. The number of halogens is 1. The van der Waals surface area contributed by atoms with E-state index in [2.05, 4.69) is 46.0 Å². The Balaban J connectivity index is 1.83. The van der Waals surface area contributed by atoms with Gasteiger partial charge in [0.15, 0.2) is 0 Å². The molecule has 0 aromatic heterocycles. The van der Waals surface area contributed by atoms with Crippen LogP contribution in [0.2, 0.25) is 0 Å². The van der Waals surface area contributed by atoms with Gasteiger partial charge in [-0.15, -0.1) is 0 Å². The standard InChI is InChI=1S/C14H21BrN2/c1-11-5-7-17(10-11)8-6-14(16)12-3-2-4-13(15)9-12/h2-4,9,11,14H,5-8,10,16H2,1H3. The summed E-state index contributed by atoms with van der Waals surface area (Å²) < 4.78 is 1.11. The molecule has 0 spiro atoms. The van der Waals surface area contributed by atoms with E-state index < -0.39 is 0 Å². The number of likely N-dealkylation sites (tertiary alicyclic amines) is 1. The normalized spacial score (nSPS) is 22.9. The lowest BCUT2D eigenvalue weighted by Gasteiger charge is -2.18. The monoisotopic (exact) mass is 296 g/mol. The molecule has 1 aromatic rings. The molecule has 1 aromatic carbocycles. The van der Waals surface area contributed by atoms with Crippen molar-refractivity contribution in [3.8, 4) is 0 Å². The molecule has 1 fully saturated rings. The fraction of sp³-hybridized carbons (Fsp3) is 0.571. The van der Waals surface area contributed by atoms with Crippen molar-refractivity contribution in [2.45, 2.75) is 25.8 Å². The molecule has 2 atom stereocenters. The summed E-state index contributed by atoms with van der Waals surface area (Å²) in [5.74, 6) is 0.858. The molecular weight excluding hydrogens is 276 g/mol. The maximum atomic E-state index is 6.23. The Bertz CT molecular complexity index is 367. The van der Waals surface area contributed by atoms with Crippen molar-refractivity contribution in [1.29, 1.82) is 0 Å². The van der Waals surface area contributed by atoms with Gasteiger partial charge in [-0.1, -0.05) is 35.0 Å². The molecule has 2 nitrogen and oxygen atoms in total. The molecule has 2 rings (SSSR count). The van der Waals surface area contributed by atoms with Crippen LogP contribution in [0, 0.1) is 5.92 Å². The van der Waals surface area contributed by atoms with Gasteiger partial charge in [0.05, 0.1) is 0 Å². The quantitative estimate of drug-likeness (QED) is 0.925. The largest absolute Gasteiger partial charge is 0.324 e. The van der Waals surface area contributed by atoms with Crippen LogP contribution in [0.25, 0.3) is 0 Å². The van der Waals surface area contributed by atoms with Gasteiger partial charge < -0.3 is 10.6 Å². The molecule has 1 aliphatic rings. The second-order valence-corrected chi connectivity index (χ2v) is 6.06. The summed E-state index contributed by atoms with van der Waals surface area (Å²) in [5, 5.41) is 0. The van der Waals surface area contributed by atoms with E-state index in [-0.39, 0.29) is 6.04 Å². The first-order chi connectivity index (χ1) is 8.15. The van der Waals surface area contributed by atoms with Crippen molar-refractivity contribution in [3.05, 3.63) is 34.3 Å². The van der Waals surface area contributed by atoms with Crippen molar-refractivity contribution < 1.29 is 0 Å². The second-order valence-electron chi connectivity index (χ2n) is 5.14. The van der Waals surface area contributed by atoms with E-state index in [1.54, 1.807) is 0 Å². The van der Waals surface area contributed by atoms with Crippen molar-refractivity contribution in [2.75, 3.05) is 19.6 Å². The van der Waals surface area contributed by atoms with Crippen molar-refractivity contribution in [1.82, 2.24) is 4.90 Å². The number of hydrogen-bond donors (Lipinski definition) is 1. The van der Waals surface area contributed by atoms with Gasteiger partial charge in [0.2, 0.25) is 0 Å². The Hall–Kier alpha value is -0.380. The van der Waals surface area contributed by atoms with E-state index in [0.717, 1.165) is 23.4 Å². The van der Waals surface area contributed by atoms with Crippen LogP contribution in [0.5, 0.6) is 0 Å². The van der Waals surface area contributed by atoms with Gasteiger partial charge in [-0.25, -0.2) is 0 Å². The van der Waals surface area contributed by atoms with Crippen LogP contribution < -0.4 is 5.73 Å². The molecule has 2 N–H and O–H groups in total. The second kappa shape index (κ2) is 5.98. The molecule has 0 bridgehead atoms. The molecule has 17 heavy (non-hydrogen) atoms. The zero-order chi connectivity index (χ0) is 12.3. The van der Waals surface area contributed by atoms with Crippen LogP contribution in [-0.2, 0) is 0 Å². The molecule has 0 saturated carbocycles. The zero-order valence-electron chi connectivity index (χ0n) is 10.4. The average molecular weight is 297 g/mol. The fourth-order valence-electron chi connectivity index (χ4n) is 2.45. The van der Waals surface area contributed by atoms with Gasteiger partial charge in [-0.2, -0.15) is 0 Å². The number of benzene rings is 1.